The fraction of sp³-hybridized carbons (Fsp3) is 0.769. The van der Waals surface area contributed by atoms with E-state index in [-0.39, 0.29) is 6.10 Å². The molecule has 1 aromatic heterocycles. The molecule has 1 unspecified atom stereocenters. The molecule has 1 heterocycles. The maximum atomic E-state index is 9.90. The van der Waals surface area contributed by atoms with Crippen molar-refractivity contribution in [1.82, 2.24) is 15.1 Å². The predicted octanol–water partition coefficient (Wildman–Crippen LogP) is 1.56. The number of nitrogens with one attached hydrogen (secondary N) is 1. The minimum atomic E-state index is -0.349. The number of hydrogen-bond donors (Lipinski definition) is 2. The molecule has 0 amide bonds. The summed E-state index contributed by atoms with van der Waals surface area (Å²) in [6, 6.07) is 2.48. The van der Waals surface area contributed by atoms with Crippen LogP contribution in [0.5, 0.6) is 0 Å². The third-order valence-corrected chi connectivity index (χ3v) is 3.45. The Morgan fingerprint density at radius 2 is 2.06 bits per heavy atom. The smallest absolute Gasteiger partial charge is 0.0860 e. The van der Waals surface area contributed by atoms with Crippen molar-refractivity contribution >= 4 is 0 Å². The van der Waals surface area contributed by atoms with Gasteiger partial charge < -0.3 is 10.4 Å². The molecule has 0 aliphatic heterocycles. The first kappa shape index (κ1) is 12.6. The molecule has 0 aromatic carbocycles. The summed E-state index contributed by atoms with van der Waals surface area (Å²) in [5.41, 5.74) is 0. The number of rotatable bonds is 5. The second-order valence-electron chi connectivity index (χ2n) is 4.98. The monoisotopic (exact) mass is 237 g/mol. The van der Waals surface area contributed by atoms with Crippen LogP contribution in [0.25, 0.3) is 0 Å². The van der Waals surface area contributed by atoms with Gasteiger partial charge in [0, 0.05) is 25.0 Å². The molecule has 2 N–H and O–H groups in total. The second kappa shape index (κ2) is 6.77. The molecule has 1 saturated carbocycles. The Morgan fingerprint density at radius 3 is 2.71 bits per heavy atom. The zero-order valence-electron chi connectivity index (χ0n) is 10.4. The van der Waals surface area contributed by atoms with Gasteiger partial charge in [0.15, 0.2) is 0 Å². The van der Waals surface area contributed by atoms with Crippen LogP contribution in [0.4, 0.5) is 0 Å². The lowest BCUT2D eigenvalue weighted by molar-refractivity contribution is 0.141. The Bertz CT molecular complexity index is 292. The van der Waals surface area contributed by atoms with Gasteiger partial charge >= 0.3 is 0 Å². The summed E-state index contributed by atoms with van der Waals surface area (Å²) in [7, 11) is 0. The van der Waals surface area contributed by atoms with Crippen LogP contribution in [0.1, 0.15) is 38.5 Å². The summed E-state index contributed by atoms with van der Waals surface area (Å²) >= 11 is 0. The van der Waals surface area contributed by atoms with Crippen molar-refractivity contribution in [3.63, 3.8) is 0 Å². The first-order valence-electron chi connectivity index (χ1n) is 6.73. The van der Waals surface area contributed by atoms with E-state index in [0.717, 1.165) is 0 Å². The molecule has 96 valence electrons. The van der Waals surface area contributed by atoms with Gasteiger partial charge in [0.05, 0.1) is 12.6 Å². The molecule has 0 spiro atoms. The normalized spacial score (nSPS) is 20.1. The van der Waals surface area contributed by atoms with Crippen LogP contribution in [0.2, 0.25) is 0 Å². The maximum absolute atomic E-state index is 9.90. The van der Waals surface area contributed by atoms with Gasteiger partial charge in [-0.3, -0.25) is 4.68 Å². The van der Waals surface area contributed by atoms with Gasteiger partial charge in [0.25, 0.3) is 0 Å². The molecule has 1 aliphatic rings. The van der Waals surface area contributed by atoms with Crippen molar-refractivity contribution in [2.75, 3.05) is 6.54 Å². The Labute approximate surface area is 103 Å². The fourth-order valence-corrected chi connectivity index (χ4v) is 2.48. The standard InChI is InChI=1S/C13H23N3O/c17-13(11-16-9-5-8-15-16)10-14-12-6-3-1-2-4-7-12/h5,8-9,12-14,17H,1-4,6-7,10-11H2. The summed E-state index contributed by atoms with van der Waals surface area (Å²) in [4.78, 5) is 0. The first-order valence-corrected chi connectivity index (χ1v) is 6.73. The van der Waals surface area contributed by atoms with Crippen molar-refractivity contribution in [2.45, 2.75) is 57.2 Å². The molecular weight excluding hydrogens is 214 g/mol. The predicted molar refractivity (Wildman–Crippen MR) is 67.7 cm³/mol. The number of aliphatic hydroxyl groups excluding tert-OH is 1. The van der Waals surface area contributed by atoms with Crippen molar-refractivity contribution in [3.8, 4) is 0 Å². The van der Waals surface area contributed by atoms with E-state index in [9.17, 15) is 5.11 Å². The van der Waals surface area contributed by atoms with Crippen molar-refractivity contribution in [1.29, 1.82) is 0 Å². The van der Waals surface area contributed by atoms with Crippen LogP contribution >= 0.6 is 0 Å². The van der Waals surface area contributed by atoms with Gasteiger partial charge in [-0.25, -0.2) is 0 Å². The molecule has 1 aliphatic carbocycles. The highest BCUT2D eigenvalue weighted by Crippen LogP contribution is 2.17. The molecule has 4 heteroatoms. The van der Waals surface area contributed by atoms with Gasteiger partial charge in [0.2, 0.25) is 0 Å². The third-order valence-electron chi connectivity index (χ3n) is 3.45. The van der Waals surface area contributed by atoms with E-state index in [1.807, 2.05) is 12.3 Å². The minimum Gasteiger partial charge on any atom is -0.390 e. The zero-order chi connectivity index (χ0) is 11.9. The molecule has 0 saturated heterocycles. The summed E-state index contributed by atoms with van der Waals surface area (Å²) < 4.78 is 1.78. The lowest BCUT2D eigenvalue weighted by Gasteiger charge is -2.19. The van der Waals surface area contributed by atoms with E-state index < -0.39 is 0 Å². The third kappa shape index (κ3) is 4.48. The molecule has 4 nitrogen and oxygen atoms in total. The minimum absolute atomic E-state index is 0.349. The average molecular weight is 237 g/mol. The number of nitrogens with zero attached hydrogens (tertiary/aromatic N) is 2. The van der Waals surface area contributed by atoms with E-state index in [1.54, 1.807) is 10.9 Å². The summed E-state index contributed by atoms with van der Waals surface area (Å²) in [6.45, 7) is 1.25. The molecule has 2 rings (SSSR count). The summed E-state index contributed by atoms with van der Waals surface area (Å²) in [6.07, 6.45) is 11.2. The average Bonchev–Trinajstić information content (AvgIpc) is 2.68. The second-order valence-corrected chi connectivity index (χ2v) is 4.98. The lowest BCUT2D eigenvalue weighted by Crippen LogP contribution is -2.37. The van der Waals surface area contributed by atoms with Gasteiger partial charge in [-0.15, -0.1) is 0 Å². The molecule has 1 atom stereocenters. The van der Waals surface area contributed by atoms with Crippen LogP contribution in [-0.4, -0.2) is 33.6 Å². The molecule has 1 fully saturated rings. The Kier molecular flexibility index (Phi) is 5.01. The molecule has 0 radical (unpaired) electrons. The van der Waals surface area contributed by atoms with Gasteiger partial charge in [-0.05, 0) is 18.9 Å². The quantitative estimate of drug-likeness (QED) is 0.764. The van der Waals surface area contributed by atoms with Crippen LogP contribution < -0.4 is 5.32 Å². The number of hydrogen-bond acceptors (Lipinski definition) is 3. The highest BCUT2D eigenvalue weighted by molar-refractivity contribution is 4.79. The van der Waals surface area contributed by atoms with Crippen LogP contribution in [-0.2, 0) is 6.54 Å². The summed E-state index contributed by atoms with van der Waals surface area (Å²) in [5, 5.41) is 17.5. The molecule has 0 bridgehead atoms. The van der Waals surface area contributed by atoms with Gasteiger partial charge in [0.1, 0.15) is 0 Å². The lowest BCUT2D eigenvalue weighted by atomic mass is 10.1. The number of aliphatic hydroxyl groups is 1. The van der Waals surface area contributed by atoms with Crippen molar-refractivity contribution in [2.24, 2.45) is 0 Å². The largest absolute Gasteiger partial charge is 0.390 e. The van der Waals surface area contributed by atoms with E-state index in [4.69, 9.17) is 0 Å². The molecular formula is C13H23N3O. The zero-order valence-corrected chi connectivity index (χ0v) is 10.4. The van der Waals surface area contributed by atoms with Gasteiger partial charge in [-0.2, -0.15) is 5.10 Å². The fourth-order valence-electron chi connectivity index (χ4n) is 2.48. The topological polar surface area (TPSA) is 50.1 Å². The number of aromatic nitrogens is 2. The molecule has 17 heavy (non-hydrogen) atoms. The van der Waals surface area contributed by atoms with Crippen LogP contribution in [0.15, 0.2) is 18.5 Å². The molecule has 1 aromatic rings. The maximum Gasteiger partial charge on any atom is 0.0860 e. The first-order chi connectivity index (χ1) is 8.34. The van der Waals surface area contributed by atoms with Gasteiger partial charge in [-0.1, -0.05) is 25.7 Å². The SMILES string of the molecule is OC(CNC1CCCCCC1)Cn1cccn1. The Morgan fingerprint density at radius 1 is 1.29 bits per heavy atom. The highest BCUT2D eigenvalue weighted by Gasteiger charge is 2.13. The van der Waals surface area contributed by atoms with Crippen LogP contribution in [0, 0.1) is 0 Å². The van der Waals surface area contributed by atoms with E-state index in [0.29, 0.717) is 19.1 Å². The van der Waals surface area contributed by atoms with Crippen molar-refractivity contribution < 1.29 is 5.11 Å². The van der Waals surface area contributed by atoms with Crippen LogP contribution in [0.3, 0.4) is 0 Å². The Hall–Kier alpha value is -0.870. The van der Waals surface area contributed by atoms with E-state index in [1.165, 1.54) is 38.5 Å². The van der Waals surface area contributed by atoms with E-state index in [2.05, 4.69) is 10.4 Å². The highest BCUT2D eigenvalue weighted by atomic mass is 16.3. The van der Waals surface area contributed by atoms with Crippen molar-refractivity contribution in [3.05, 3.63) is 18.5 Å². The van der Waals surface area contributed by atoms with E-state index >= 15 is 0 Å². The summed E-state index contributed by atoms with van der Waals surface area (Å²) in [5.74, 6) is 0. The Balaban J connectivity index is 1.66.